The normalized spacial score (nSPS) is 12.1. The van der Waals surface area contributed by atoms with Gasteiger partial charge in [-0.05, 0) is 168 Å². The number of aromatic nitrogens is 16. The molecule has 1 fully saturated rings. The van der Waals surface area contributed by atoms with Crippen molar-refractivity contribution < 1.29 is 141 Å². The predicted molar refractivity (Wildman–Crippen MR) is 480 cm³/mol. The zero-order valence-corrected chi connectivity index (χ0v) is 81.2. The molecule has 2 aromatic carbocycles. The summed E-state index contributed by atoms with van der Waals surface area (Å²) in [5.41, 5.74) is 17.0. The number of aromatic carboxylic acids is 1. The van der Waals surface area contributed by atoms with Gasteiger partial charge in [0.25, 0.3) is 0 Å². The van der Waals surface area contributed by atoms with E-state index in [0.717, 1.165) is 15.6 Å². The van der Waals surface area contributed by atoms with Crippen molar-refractivity contribution in [3.05, 3.63) is 263 Å². The molecule has 1 saturated carbocycles. The maximum Gasteiger partial charge on any atom is 1.00 e. The molecule has 684 valence electrons. The zero-order chi connectivity index (χ0) is 95.8. The monoisotopic (exact) mass is 2080 g/mol. The van der Waals surface area contributed by atoms with E-state index in [2.05, 4.69) is 88.8 Å². The summed E-state index contributed by atoms with van der Waals surface area (Å²) in [5.74, 6) is -2.02. The van der Waals surface area contributed by atoms with Crippen LogP contribution in [0.25, 0.3) is 96.4 Å². The Bertz CT molecular complexity index is 6650. The predicted octanol–water partition coefficient (Wildman–Crippen LogP) is 16.9. The molecular formula is C87H88BF3N26NaO14PU. The van der Waals surface area contributed by atoms with Crippen molar-refractivity contribution in [1.29, 1.82) is 6.60 Å². The third-order valence-corrected chi connectivity index (χ3v) is 19.9. The van der Waals surface area contributed by atoms with Crippen LogP contribution in [0.15, 0.2) is 201 Å². The van der Waals surface area contributed by atoms with Crippen LogP contribution >= 0.6 is 7.75 Å². The Labute approximate surface area is 814 Å². The first-order valence-corrected chi connectivity index (χ1v) is 41.5. The van der Waals surface area contributed by atoms with Crippen molar-refractivity contribution >= 4 is 96.5 Å². The number of rotatable bonds is 24. The van der Waals surface area contributed by atoms with E-state index in [1.165, 1.54) is 83.9 Å². The number of carboxylic acids is 1. The molecule has 1 aliphatic rings. The van der Waals surface area contributed by atoms with E-state index in [1.54, 1.807) is 180 Å². The molecule has 5 N–H and O–H groups in total. The number of azide groups is 1. The third kappa shape index (κ3) is 27.9. The average molecular weight is 2080 g/mol. The Morgan fingerprint density at radius 2 is 0.993 bits per heavy atom. The number of fused-ring (bicyclic) bond motifs is 4. The summed E-state index contributed by atoms with van der Waals surface area (Å²) in [7, 11) is -0.205. The summed E-state index contributed by atoms with van der Waals surface area (Å²) in [6, 6.07) is 31.5. The molecule has 2 amide bonds. The van der Waals surface area contributed by atoms with Gasteiger partial charge in [0.15, 0.2) is 5.69 Å². The van der Waals surface area contributed by atoms with Crippen LogP contribution in [0.4, 0.5) is 52.4 Å². The second kappa shape index (κ2) is 51.0. The fourth-order valence-electron chi connectivity index (χ4n) is 13.0. The van der Waals surface area contributed by atoms with Crippen LogP contribution in [0.2, 0.25) is 0 Å². The summed E-state index contributed by atoms with van der Waals surface area (Å²) >= 11 is 0. The summed E-state index contributed by atoms with van der Waals surface area (Å²) in [6.07, 6.45) is 21.6. The standard InChI is InChI=1S/C20H24N6O3.C18H19N5O3.C16H15N5O3.C13H7F3N6O.C12H10N3O3P.C8H11N.BH.Na.H2O.U/c1-7-28-13(2)25-12-14(10-22-25)18-15(21-6)11-23-26-16(18)8-9-17(26)24-19(27)29-20(3,4)5;1-5-25-12(3)22-11-13(9-20-22)17-14(19-4)10-21-23-15(17)7-8-16(23)18(24)26-6-2;1-4-24-10(2)20-9-11(7-18-20)15-12(17-3)8-19-21-13(15)5-6-14(21)16(22)23;1-17-8-6-20-22-9(11(8)7-4-18-19-5-7)2-3-10(22)21-12(23)13(14,15)16;13-14-15-19(16,17-11-7-3-1-4-8-11)18-12-9-5-2-6-10-12;9-7-3-6-8-4-1-2-5-8;;;;/h8-13H,7H2,1-5H3,(H,24,27);7-12H,5-6H2,1-3H3;5-10H,4H2,1-2H3,(H,22,23);2-6H,(H,18,19)(H,21,23);1-10H;3,6,8H,1-2,4-5H2;1H;;1H2;/q;;;;;;;+1;;/p-1/b;;;;;6-3-;;;;/i;;;;;;1D;;;. The average Bonchev–Trinajstić information content (AvgIpc) is 1.60. The number of ether oxygens (including phenoxy) is 5. The van der Waals surface area contributed by atoms with E-state index in [9.17, 15) is 42.0 Å². The smallest absolute Gasteiger partial charge is 0.870 e. The molecule has 15 rings (SSSR count). The molecule has 134 heavy (non-hydrogen) atoms. The van der Waals surface area contributed by atoms with Crippen LogP contribution < -0.4 is 49.2 Å². The van der Waals surface area contributed by atoms with E-state index < -0.39 is 43.5 Å². The number of H-pyrrole nitrogens is 1. The number of benzene rings is 2. The first-order valence-electron chi connectivity index (χ1n) is 40.6. The number of allylic oxidation sites excluding steroid dienone is 2. The molecule has 1 aliphatic carbocycles. The van der Waals surface area contributed by atoms with E-state index in [4.69, 9.17) is 71.1 Å². The van der Waals surface area contributed by atoms with Gasteiger partial charge in [-0.25, -0.2) is 70.4 Å². The Kier molecular flexibility index (Phi) is 40.7. The number of amides is 2. The molecule has 0 bridgehead atoms. The fourth-order valence-corrected chi connectivity index (χ4v) is 14.0. The zero-order valence-electron chi connectivity index (χ0n) is 75.2. The summed E-state index contributed by atoms with van der Waals surface area (Å²) in [4.78, 5) is 66.3. The Balaban J connectivity index is 0.000000252. The molecule has 2 radical (unpaired) electrons. The number of carbonyl (C=O) groups is 4. The quantitative estimate of drug-likeness (QED) is 0.00638. The van der Waals surface area contributed by atoms with E-state index >= 15 is 0 Å². The van der Waals surface area contributed by atoms with Crippen LogP contribution in [0.3, 0.4) is 0 Å². The minimum atomic E-state index is -5.01. The Hall–Kier alpha value is -14.2. The molecule has 0 aliphatic heterocycles. The number of hydrogen-bond acceptors (Lipinski definition) is 22. The second-order valence-electron chi connectivity index (χ2n) is 28.5. The maximum absolute atomic E-state index is 12.4. The third-order valence-electron chi connectivity index (χ3n) is 18.7. The van der Waals surface area contributed by atoms with Gasteiger partial charge in [-0.15, -0.1) is 0 Å². The number of nitrogens with zero attached hydrogens (tertiary/aromatic N) is 23. The number of halogens is 3. The van der Waals surface area contributed by atoms with Crippen molar-refractivity contribution in [2.75, 3.05) is 37.1 Å². The first-order chi connectivity index (χ1) is 63.5. The second-order valence-corrected chi connectivity index (χ2v) is 30.0. The van der Waals surface area contributed by atoms with Gasteiger partial charge in [0.1, 0.15) is 53.1 Å². The minimum Gasteiger partial charge on any atom is -0.870 e. The molecule has 14 aromatic rings. The van der Waals surface area contributed by atoms with Crippen LogP contribution in [-0.4, -0.2) is 160 Å². The van der Waals surface area contributed by atoms with Crippen LogP contribution in [0.5, 0.6) is 11.5 Å². The number of anilines is 2. The van der Waals surface area contributed by atoms with Gasteiger partial charge >= 0.3 is 67.4 Å². The van der Waals surface area contributed by atoms with Gasteiger partial charge < -0.3 is 48.6 Å². The van der Waals surface area contributed by atoms with Crippen LogP contribution in [-0.2, 0) is 33.0 Å². The van der Waals surface area contributed by atoms with Gasteiger partial charge in [-0.3, -0.25) is 15.2 Å². The number of para-hydroxylation sites is 2. The largest absolute Gasteiger partial charge is 1.00 e. The number of alkyl halides is 3. The number of nitriles is 1. The fraction of sp³-hybridized carbons (Fsp3) is 0.276. The van der Waals surface area contributed by atoms with Crippen molar-refractivity contribution in [2.24, 2.45) is 10.8 Å². The topological polar surface area (TPSA) is 466 Å². The molecule has 3 atom stereocenters. The summed E-state index contributed by atoms with van der Waals surface area (Å²) < 4.78 is 102. The van der Waals surface area contributed by atoms with Crippen molar-refractivity contribution in [3.63, 3.8) is 0 Å². The molecule has 12 heterocycles. The van der Waals surface area contributed by atoms with E-state index in [1.807, 2.05) is 66.1 Å². The molecule has 0 saturated heterocycles. The Morgan fingerprint density at radius 3 is 1.36 bits per heavy atom. The molecule has 40 nitrogen and oxygen atoms in total. The van der Waals surface area contributed by atoms with E-state index in [0.29, 0.717) is 121 Å². The van der Waals surface area contributed by atoms with Crippen LogP contribution in [0.1, 0.15) is 135 Å². The summed E-state index contributed by atoms with van der Waals surface area (Å²) in [6.45, 7) is 50.1. The van der Waals surface area contributed by atoms with Gasteiger partial charge in [0, 0.05) is 144 Å². The molecule has 47 heteroatoms. The van der Waals surface area contributed by atoms with Crippen LogP contribution in [0, 0.1) is 74.7 Å². The summed E-state index contributed by atoms with van der Waals surface area (Å²) in [5, 5.41) is 57.7. The van der Waals surface area contributed by atoms with Crippen molar-refractivity contribution in [2.45, 2.75) is 125 Å². The number of esters is 1. The number of nitrogens with one attached hydrogen (secondary N) is 3. The van der Waals surface area contributed by atoms with Crippen molar-refractivity contribution in [3.8, 4) is 62.1 Å². The molecule has 0 spiro atoms. The van der Waals surface area contributed by atoms with Gasteiger partial charge in [0.05, 0.1) is 111 Å². The molecular weight excluding hydrogens is 1990 g/mol. The number of hydrogen-bond donors (Lipinski definition) is 4. The first kappa shape index (κ1) is 107. The Morgan fingerprint density at radius 1 is 0.604 bits per heavy atom. The molecule has 3 unspecified atom stereocenters. The minimum absolute atomic E-state index is 0. The van der Waals surface area contributed by atoms with Gasteiger partial charge in [-0.2, -0.15) is 59.2 Å². The SMILES string of the molecule is N#C/C=C\C1CCCC1.[2H][B].[C-]#[N+]c1cnn2c(C(=O)O)ccc2c1-c1cnn(C(C)OCC)c1.[C-]#[N+]c1cnn2c(C(=O)OCC)ccc2c1-c1cnn(C(C)OCC)c1.[C-]#[N+]c1cnn2c(NC(=O)C(F)(F)F)ccc2c1-c1cn[nH]c1.[C-]#[N+]c1cnn2c(NC(=O)OC(C)(C)C)ccc2c1-c1cnn(C(C)OCC)c1.[N-]=[N+]=NP(=O)(Oc1ccccc1)Oc1ccccc1.[Na+].[OH-].[U]. The number of aromatic amines is 1. The van der Waals surface area contributed by atoms with E-state index in [-0.39, 0.29) is 109 Å². The van der Waals surface area contributed by atoms with Crippen molar-refractivity contribution in [1.82, 2.24) is 78.0 Å². The van der Waals surface area contributed by atoms with Gasteiger partial charge in [-0.1, -0.05) is 55.3 Å². The number of carbonyl (C=O) groups excluding carboxylic acids is 3. The van der Waals surface area contributed by atoms with Gasteiger partial charge in [0.2, 0.25) is 22.7 Å². The molecule has 12 aromatic heterocycles. The number of carboxylic acid groups (broad SMARTS) is 1. The maximum atomic E-state index is 12.4.